The minimum absolute atomic E-state index is 0.447. The molecular weight excluding hydrogens is 366 g/mol. The molecule has 6 heteroatoms. The molecule has 0 radical (unpaired) electrons. The summed E-state index contributed by atoms with van der Waals surface area (Å²) < 4.78 is 0. The SMILES string of the molecule is O=C=Nc1ccc(Cc2ccc(N=C=O)c(Cc3ccccc3N=C=O)c2)cc1. The summed E-state index contributed by atoms with van der Waals surface area (Å²) in [6.45, 7) is 0. The second-order valence-corrected chi connectivity index (χ2v) is 6.22. The fourth-order valence-corrected chi connectivity index (χ4v) is 3.05. The molecule has 0 heterocycles. The van der Waals surface area contributed by atoms with E-state index < -0.39 is 0 Å². The van der Waals surface area contributed by atoms with E-state index in [9.17, 15) is 14.4 Å². The van der Waals surface area contributed by atoms with Gasteiger partial charge in [0, 0.05) is 6.42 Å². The van der Waals surface area contributed by atoms with Crippen molar-refractivity contribution in [1.82, 2.24) is 0 Å². The first-order valence-electron chi connectivity index (χ1n) is 8.75. The molecule has 0 saturated carbocycles. The van der Waals surface area contributed by atoms with Gasteiger partial charge in [-0.15, -0.1) is 0 Å². The van der Waals surface area contributed by atoms with Crippen LogP contribution in [0.5, 0.6) is 0 Å². The highest BCUT2D eigenvalue weighted by atomic mass is 16.1. The second kappa shape index (κ2) is 9.65. The lowest BCUT2D eigenvalue weighted by atomic mass is 9.97. The van der Waals surface area contributed by atoms with Crippen molar-refractivity contribution in [3.8, 4) is 0 Å². The largest absolute Gasteiger partial charge is 0.240 e. The lowest BCUT2D eigenvalue weighted by Crippen LogP contribution is -1.94. The molecule has 6 nitrogen and oxygen atoms in total. The predicted octanol–water partition coefficient (Wildman–Crippen LogP) is 4.77. The zero-order valence-corrected chi connectivity index (χ0v) is 15.3. The summed E-state index contributed by atoms with van der Waals surface area (Å²) in [5, 5.41) is 0. The van der Waals surface area contributed by atoms with Gasteiger partial charge in [-0.2, -0.15) is 15.0 Å². The highest BCUT2D eigenvalue weighted by molar-refractivity contribution is 5.60. The van der Waals surface area contributed by atoms with Gasteiger partial charge in [0.25, 0.3) is 0 Å². The Morgan fingerprint density at radius 2 is 1.21 bits per heavy atom. The minimum Gasteiger partial charge on any atom is -0.211 e. The first-order chi connectivity index (χ1) is 14.2. The smallest absolute Gasteiger partial charge is 0.211 e. The number of para-hydroxylation sites is 1. The van der Waals surface area contributed by atoms with Crippen molar-refractivity contribution in [2.45, 2.75) is 12.8 Å². The van der Waals surface area contributed by atoms with Crippen molar-refractivity contribution in [3.05, 3.63) is 89.0 Å². The zero-order valence-electron chi connectivity index (χ0n) is 15.3. The van der Waals surface area contributed by atoms with Gasteiger partial charge in [0.15, 0.2) is 0 Å². The molecule has 29 heavy (non-hydrogen) atoms. The van der Waals surface area contributed by atoms with E-state index in [2.05, 4.69) is 15.0 Å². The molecule has 0 amide bonds. The van der Waals surface area contributed by atoms with Crippen molar-refractivity contribution in [3.63, 3.8) is 0 Å². The van der Waals surface area contributed by atoms with Crippen LogP contribution in [-0.2, 0) is 27.2 Å². The Morgan fingerprint density at radius 1 is 0.586 bits per heavy atom. The summed E-state index contributed by atoms with van der Waals surface area (Å²) in [7, 11) is 0. The van der Waals surface area contributed by atoms with E-state index >= 15 is 0 Å². The van der Waals surface area contributed by atoms with Crippen molar-refractivity contribution in [2.24, 2.45) is 15.0 Å². The van der Waals surface area contributed by atoms with Crippen LogP contribution in [0.1, 0.15) is 22.3 Å². The number of aliphatic imine (C=N–C) groups is 3. The molecule has 0 saturated heterocycles. The Labute approximate surface area is 167 Å². The van der Waals surface area contributed by atoms with Crippen LogP contribution in [0.15, 0.2) is 81.7 Å². The lowest BCUT2D eigenvalue weighted by Gasteiger charge is -2.10. The highest BCUT2D eigenvalue weighted by Crippen LogP contribution is 2.28. The molecule has 0 fully saturated rings. The van der Waals surface area contributed by atoms with Crippen molar-refractivity contribution < 1.29 is 14.4 Å². The molecule has 0 aromatic heterocycles. The average molecular weight is 381 g/mol. The van der Waals surface area contributed by atoms with Crippen molar-refractivity contribution in [1.29, 1.82) is 0 Å². The third-order valence-corrected chi connectivity index (χ3v) is 4.37. The number of carbonyl (C=O) groups excluding carboxylic acids is 3. The van der Waals surface area contributed by atoms with E-state index in [1.54, 1.807) is 42.5 Å². The molecule has 0 N–H and O–H groups in total. The Morgan fingerprint density at radius 3 is 1.90 bits per heavy atom. The quantitative estimate of drug-likeness (QED) is 0.436. The van der Waals surface area contributed by atoms with E-state index in [-0.39, 0.29) is 0 Å². The first-order valence-corrected chi connectivity index (χ1v) is 8.75. The molecule has 0 spiro atoms. The molecule has 3 aromatic carbocycles. The van der Waals surface area contributed by atoms with Crippen LogP contribution in [0.3, 0.4) is 0 Å². The van der Waals surface area contributed by atoms with E-state index in [0.29, 0.717) is 29.9 Å². The lowest BCUT2D eigenvalue weighted by molar-refractivity contribution is 0.564. The predicted molar refractivity (Wildman–Crippen MR) is 108 cm³/mol. The molecule has 140 valence electrons. The Hall–Kier alpha value is -4.20. The Balaban J connectivity index is 1.93. The standard InChI is InChI=1S/C23H15N3O3/c27-14-24-21-8-5-17(6-9-21)11-18-7-10-23(26-16-29)20(12-18)13-19-3-1-2-4-22(19)25-15-28/h1-10,12H,11,13H2. The molecule has 0 aliphatic heterocycles. The maximum absolute atomic E-state index is 10.8. The molecule has 3 aromatic rings. The van der Waals surface area contributed by atoms with Crippen LogP contribution >= 0.6 is 0 Å². The van der Waals surface area contributed by atoms with Gasteiger partial charge in [-0.25, -0.2) is 14.4 Å². The normalized spacial score (nSPS) is 9.66. The second-order valence-electron chi connectivity index (χ2n) is 6.22. The van der Waals surface area contributed by atoms with Gasteiger partial charge in [-0.1, -0.05) is 42.5 Å². The third kappa shape index (κ3) is 5.16. The molecule has 0 aliphatic rings. The molecule has 0 unspecified atom stereocenters. The van der Waals surface area contributed by atoms with E-state index in [0.717, 1.165) is 22.3 Å². The molecular formula is C23H15N3O3. The van der Waals surface area contributed by atoms with E-state index in [4.69, 9.17) is 0 Å². The Bertz CT molecular complexity index is 1170. The summed E-state index contributed by atoms with van der Waals surface area (Å²) in [4.78, 5) is 42.9. The molecule has 3 rings (SSSR count). The molecule has 0 atom stereocenters. The molecule has 0 aliphatic carbocycles. The number of hydrogen-bond donors (Lipinski definition) is 0. The maximum Gasteiger partial charge on any atom is 0.240 e. The van der Waals surface area contributed by atoms with Crippen LogP contribution in [0.2, 0.25) is 0 Å². The summed E-state index contributed by atoms with van der Waals surface area (Å²) in [5.41, 5.74) is 5.30. The van der Waals surface area contributed by atoms with Crippen LogP contribution in [0, 0.1) is 0 Å². The first kappa shape index (κ1) is 19.6. The molecule has 0 bridgehead atoms. The summed E-state index contributed by atoms with van der Waals surface area (Å²) in [6, 6.07) is 20.2. The van der Waals surface area contributed by atoms with Gasteiger partial charge in [0.2, 0.25) is 18.2 Å². The van der Waals surface area contributed by atoms with E-state index in [1.165, 1.54) is 6.08 Å². The summed E-state index contributed by atoms with van der Waals surface area (Å²) in [5.74, 6) is 0. The third-order valence-electron chi connectivity index (χ3n) is 4.37. The van der Waals surface area contributed by atoms with Gasteiger partial charge in [-0.05, 0) is 52.9 Å². The van der Waals surface area contributed by atoms with Gasteiger partial charge < -0.3 is 0 Å². The summed E-state index contributed by atoms with van der Waals surface area (Å²) in [6.07, 6.45) is 5.76. The number of hydrogen-bond acceptors (Lipinski definition) is 6. The zero-order chi connectivity index (χ0) is 20.5. The summed E-state index contributed by atoms with van der Waals surface area (Å²) >= 11 is 0. The van der Waals surface area contributed by atoms with Crippen LogP contribution in [0.25, 0.3) is 0 Å². The maximum atomic E-state index is 10.8. The van der Waals surface area contributed by atoms with Gasteiger partial charge in [0.05, 0.1) is 17.1 Å². The van der Waals surface area contributed by atoms with Crippen LogP contribution in [-0.4, -0.2) is 18.2 Å². The minimum atomic E-state index is 0.447. The highest BCUT2D eigenvalue weighted by Gasteiger charge is 2.09. The fraction of sp³-hybridized carbons (Fsp3) is 0.0870. The van der Waals surface area contributed by atoms with E-state index in [1.807, 2.05) is 36.4 Å². The van der Waals surface area contributed by atoms with Gasteiger partial charge in [0.1, 0.15) is 0 Å². The number of benzene rings is 3. The monoisotopic (exact) mass is 381 g/mol. The Kier molecular flexibility index (Phi) is 6.51. The number of isocyanates is 3. The fourth-order valence-electron chi connectivity index (χ4n) is 3.05. The van der Waals surface area contributed by atoms with Crippen molar-refractivity contribution >= 4 is 35.3 Å². The van der Waals surface area contributed by atoms with Crippen LogP contribution < -0.4 is 0 Å². The number of nitrogens with zero attached hydrogens (tertiary/aromatic N) is 3. The van der Waals surface area contributed by atoms with Gasteiger partial charge >= 0.3 is 0 Å². The topological polar surface area (TPSA) is 88.3 Å². The average Bonchev–Trinajstić information content (AvgIpc) is 2.73. The van der Waals surface area contributed by atoms with Gasteiger partial charge in [-0.3, -0.25) is 0 Å². The van der Waals surface area contributed by atoms with Crippen LogP contribution in [0.4, 0.5) is 17.1 Å². The van der Waals surface area contributed by atoms with Crippen molar-refractivity contribution in [2.75, 3.05) is 0 Å². The number of rotatable bonds is 7.